The molecule has 0 bridgehead atoms. The molecule has 0 spiro atoms. The quantitative estimate of drug-likeness (QED) is 0.934. The molecule has 1 heterocycles. The van der Waals surface area contributed by atoms with Gasteiger partial charge >= 0.3 is 0 Å². The number of nitriles is 1. The lowest BCUT2D eigenvalue weighted by atomic mass is 10.1. The van der Waals surface area contributed by atoms with E-state index in [-0.39, 0.29) is 6.61 Å². The van der Waals surface area contributed by atoms with Gasteiger partial charge in [0.05, 0.1) is 6.61 Å². The Morgan fingerprint density at radius 3 is 2.90 bits per heavy atom. The van der Waals surface area contributed by atoms with E-state index in [0.29, 0.717) is 18.1 Å². The van der Waals surface area contributed by atoms with Crippen LogP contribution in [0.15, 0.2) is 34.9 Å². The normalized spacial score (nSPS) is 10.1. The topological polar surface area (TPSA) is 66.1 Å². The van der Waals surface area contributed by atoms with Gasteiger partial charge in [0.1, 0.15) is 24.1 Å². The van der Waals surface area contributed by atoms with Crippen molar-refractivity contribution in [2.45, 2.75) is 20.1 Å². The summed E-state index contributed by atoms with van der Waals surface area (Å²) in [5.41, 5.74) is 2.90. The first-order chi connectivity index (χ1) is 9.63. The highest BCUT2D eigenvalue weighted by atomic mass is 79.9. The third-order valence-corrected chi connectivity index (χ3v) is 3.27. The van der Waals surface area contributed by atoms with E-state index in [9.17, 15) is 5.11 Å². The zero-order valence-corrected chi connectivity index (χ0v) is 12.5. The van der Waals surface area contributed by atoms with Gasteiger partial charge in [-0.25, -0.2) is 4.98 Å². The average Bonchev–Trinajstić information content (AvgIpc) is 2.45. The largest absolute Gasteiger partial charge is 0.488 e. The number of hydrogen-bond acceptors (Lipinski definition) is 4. The number of ether oxygens (including phenoxy) is 1. The molecule has 0 aliphatic rings. The van der Waals surface area contributed by atoms with E-state index in [0.717, 1.165) is 21.2 Å². The van der Waals surface area contributed by atoms with Crippen LogP contribution in [0, 0.1) is 18.3 Å². The number of hydrogen-bond donors (Lipinski definition) is 1. The van der Waals surface area contributed by atoms with Crippen molar-refractivity contribution in [2.24, 2.45) is 0 Å². The molecule has 4 nitrogen and oxygen atoms in total. The van der Waals surface area contributed by atoms with Crippen LogP contribution in [0.5, 0.6) is 5.75 Å². The molecule has 0 amide bonds. The molecule has 0 saturated carbocycles. The second-order valence-corrected chi connectivity index (χ2v) is 5.23. The Bertz CT molecular complexity index is 665. The first-order valence-corrected chi connectivity index (χ1v) is 6.81. The molecule has 102 valence electrons. The monoisotopic (exact) mass is 332 g/mol. The molecule has 0 saturated heterocycles. The minimum Gasteiger partial charge on any atom is -0.488 e. The molecule has 0 aliphatic heterocycles. The van der Waals surface area contributed by atoms with Crippen LogP contribution in [0.25, 0.3) is 0 Å². The van der Waals surface area contributed by atoms with E-state index in [2.05, 4.69) is 20.9 Å². The van der Waals surface area contributed by atoms with E-state index < -0.39 is 0 Å². The van der Waals surface area contributed by atoms with Crippen molar-refractivity contribution in [1.29, 1.82) is 5.26 Å². The summed E-state index contributed by atoms with van der Waals surface area (Å²) < 4.78 is 6.69. The van der Waals surface area contributed by atoms with E-state index >= 15 is 0 Å². The van der Waals surface area contributed by atoms with Crippen LogP contribution in [0.2, 0.25) is 0 Å². The summed E-state index contributed by atoms with van der Waals surface area (Å²) in [7, 11) is 0. The van der Waals surface area contributed by atoms with Gasteiger partial charge in [-0.3, -0.25) is 0 Å². The second kappa shape index (κ2) is 6.51. The van der Waals surface area contributed by atoms with Crippen LogP contribution in [0.1, 0.15) is 22.4 Å². The summed E-state index contributed by atoms with van der Waals surface area (Å²) in [5.74, 6) is 0.672. The molecule has 0 radical (unpaired) electrons. The summed E-state index contributed by atoms with van der Waals surface area (Å²) in [4.78, 5) is 3.91. The standard InChI is InChI=1S/C15H13BrN2O2/c1-10-4-13(16)6-12(8-19)15(10)20-9-11-2-3-18-14(5-11)7-17/h2-6,19H,8-9H2,1H3. The number of rotatable bonds is 4. The highest BCUT2D eigenvalue weighted by Gasteiger charge is 2.09. The molecule has 20 heavy (non-hydrogen) atoms. The van der Waals surface area contributed by atoms with E-state index in [1.807, 2.05) is 25.1 Å². The molecule has 2 rings (SSSR count). The van der Waals surface area contributed by atoms with Gasteiger partial charge in [0.15, 0.2) is 0 Å². The number of nitrogens with zero attached hydrogens (tertiary/aromatic N) is 2. The van der Waals surface area contributed by atoms with Gasteiger partial charge in [0.2, 0.25) is 0 Å². The number of aliphatic hydroxyl groups excluding tert-OH is 1. The maximum atomic E-state index is 9.39. The predicted octanol–water partition coefficient (Wildman–Crippen LogP) is 3.10. The molecule has 1 aromatic carbocycles. The van der Waals surface area contributed by atoms with E-state index in [1.165, 1.54) is 0 Å². The van der Waals surface area contributed by atoms with Crippen molar-refractivity contribution < 1.29 is 9.84 Å². The number of aryl methyl sites for hydroxylation is 1. The first kappa shape index (κ1) is 14.5. The van der Waals surface area contributed by atoms with Crippen LogP contribution in [0.4, 0.5) is 0 Å². The maximum absolute atomic E-state index is 9.39. The smallest absolute Gasteiger partial charge is 0.140 e. The van der Waals surface area contributed by atoms with Gasteiger partial charge in [-0.05, 0) is 42.3 Å². The molecule has 5 heteroatoms. The molecule has 2 aromatic rings. The fraction of sp³-hybridized carbons (Fsp3) is 0.200. The minimum absolute atomic E-state index is 0.0879. The molecule has 0 atom stereocenters. The fourth-order valence-corrected chi connectivity index (χ4v) is 2.52. The molecule has 0 unspecified atom stereocenters. The highest BCUT2D eigenvalue weighted by Crippen LogP contribution is 2.28. The summed E-state index contributed by atoms with van der Waals surface area (Å²) in [6.45, 7) is 2.16. The number of benzene rings is 1. The van der Waals surface area contributed by atoms with Gasteiger partial charge in [-0.1, -0.05) is 15.9 Å². The highest BCUT2D eigenvalue weighted by molar-refractivity contribution is 9.10. The molecular weight excluding hydrogens is 320 g/mol. The second-order valence-electron chi connectivity index (χ2n) is 4.32. The van der Waals surface area contributed by atoms with Gasteiger partial charge in [-0.15, -0.1) is 0 Å². The van der Waals surface area contributed by atoms with Crippen molar-refractivity contribution in [2.75, 3.05) is 0 Å². The number of halogens is 1. The summed E-state index contributed by atoms with van der Waals surface area (Å²) in [5, 5.41) is 18.2. The zero-order valence-electron chi connectivity index (χ0n) is 10.9. The lowest BCUT2D eigenvalue weighted by Crippen LogP contribution is -2.01. The lowest BCUT2D eigenvalue weighted by molar-refractivity contribution is 0.258. The molecule has 1 aromatic heterocycles. The molecule has 1 N–H and O–H groups in total. The van der Waals surface area contributed by atoms with Crippen LogP contribution >= 0.6 is 15.9 Å². The Labute approximate surface area is 125 Å². The van der Waals surface area contributed by atoms with Crippen molar-refractivity contribution >= 4 is 15.9 Å². The number of aromatic nitrogens is 1. The summed E-state index contributed by atoms with van der Waals surface area (Å²) in [6.07, 6.45) is 1.58. The van der Waals surface area contributed by atoms with Crippen molar-refractivity contribution in [3.8, 4) is 11.8 Å². The van der Waals surface area contributed by atoms with Crippen molar-refractivity contribution in [3.05, 3.63) is 57.3 Å². The van der Waals surface area contributed by atoms with Crippen LogP contribution in [-0.4, -0.2) is 10.1 Å². The van der Waals surface area contributed by atoms with Crippen LogP contribution in [0.3, 0.4) is 0 Å². The fourth-order valence-electron chi connectivity index (χ4n) is 1.90. The maximum Gasteiger partial charge on any atom is 0.140 e. The van der Waals surface area contributed by atoms with Gasteiger partial charge in [0.25, 0.3) is 0 Å². The van der Waals surface area contributed by atoms with Gasteiger partial charge < -0.3 is 9.84 Å². The first-order valence-electron chi connectivity index (χ1n) is 6.01. The molecule has 0 aliphatic carbocycles. The third kappa shape index (κ3) is 3.35. The Morgan fingerprint density at radius 1 is 1.40 bits per heavy atom. The molecular formula is C15H13BrN2O2. The lowest BCUT2D eigenvalue weighted by Gasteiger charge is -2.13. The summed E-state index contributed by atoms with van der Waals surface area (Å²) >= 11 is 3.39. The molecule has 0 fully saturated rings. The number of pyridine rings is 1. The van der Waals surface area contributed by atoms with E-state index in [1.54, 1.807) is 18.3 Å². The minimum atomic E-state index is -0.0879. The third-order valence-electron chi connectivity index (χ3n) is 2.81. The van der Waals surface area contributed by atoms with Crippen molar-refractivity contribution in [3.63, 3.8) is 0 Å². The Balaban J connectivity index is 2.20. The predicted molar refractivity (Wildman–Crippen MR) is 78.1 cm³/mol. The summed E-state index contributed by atoms with van der Waals surface area (Å²) in [6, 6.07) is 9.24. The zero-order chi connectivity index (χ0) is 14.5. The number of aliphatic hydroxyl groups is 1. The Kier molecular flexibility index (Phi) is 4.72. The average molecular weight is 333 g/mol. The van der Waals surface area contributed by atoms with Gasteiger partial charge in [0, 0.05) is 16.2 Å². The van der Waals surface area contributed by atoms with Gasteiger partial charge in [-0.2, -0.15) is 5.26 Å². The Morgan fingerprint density at radius 2 is 2.20 bits per heavy atom. The van der Waals surface area contributed by atoms with E-state index in [4.69, 9.17) is 10.00 Å². The SMILES string of the molecule is Cc1cc(Br)cc(CO)c1OCc1ccnc(C#N)c1. The van der Waals surface area contributed by atoms with Crippen LogP contribution < -0.4 is 4.74 Å². The van der Waals surface area contributed by atoms with Crippen molar-refractivity contribution in [1.82, 2.24) is 4.98 Å². The van der Waals surface area contributed by atoms with Crippen LogP contribution in [-0.2, 0) is 13.2 Å². The Hall–Kier alpha value is -1.90.